The minimum absolute atomic E-state index is 0.0303. The molecule has 3 aliphatic heterocycles. The molecule has 23 heavy (non-hydrogen) atoms. The molecule has 3 rings (SSSR count). The summed E-state index contributed by atoms with van der Waals surface area (Å²) in [5.41, 5.74) is -0.564. The van der Waals surface area contributed by atoms with E-state index in [2.05, 4.69) is 0 Å². The van der Waals surface area contributed by atoms with Crippen molar-refractivity contribution in [2.24, 2.45) is 5.92 Å². The Morgan fingerprint density at radius 2 is 2.04 bits per heavy atom. The summed E-state index contributed by atoms with van der Waals surface area (Å²) >= 11 is 0. The molecule has 3 fully saturated rings. The summed E-state index contributed by atoms with van der Waals surface area (Å²) in [6.07, 6.45) is 1.05. The molecule has 0 aromatic carbocycles. The van der Waals surface area contributed by atoms with Gasteiger partial charge >= 0.3 is 6.09 Å². The number of rotatable bonds is 3. The molecular formula is C14H23N3O5S. The molecule has 0 saturated carbocycles. The van der Waals surface area contributed by atoms with Gasteiger partial charge in [0.05, 0.1) is 31.3 Å². The summed E-state index contributed by atoms with van der Waals surface area (Å²) in [7, 11) is -1.58. The van der Waals surface area contributed by atoms with Crippen LogP contribution in [0.25, 0.3) is 0 Å². The Labute approximate surface area is 136 Å². The minimum Gasteiger partial charge on any atom is -0.437 e. The molecule has 130 valence electrons. The highest BCUT2D eigenvalue weighted by molar-refractivity contribution is 7.89. The number of ether oxygens (including phenoxy) is 1. The fourth-order valence-corrected chi connectivity index (χ4v) is 4.78. The van der Waals surface area contributed by atoms with Gasteiger partial charge in [-0.3, -0.25) is 4.79 Å². The second-order valence-electron chi connectivity index (χ2n) is 6.70. The van der Waals surface area contributed by atoms with E-state index in [-0.39, 0.29) is 30.2 Å². The Kier molecular flexibility index (Phi) is 4.04. The normalized spacial score (nSPS) is 27.9. The highest BCUT2D eigenvalue weighted by Crippen LogP contribution is 2.33. The first-order valence-corrected chi connectivity index (χ1v) is 9.58. The van der Waals surface area contributed by atoms with Crippen LogP contribution in [0.5, 0.6) is 0 Å². The first-order valence-electron chi connectivity index (χ1n) is 7.97. The third kappa shape index (κ3) is 2.91. The van der Waals surface area contributed by atoms with Gasteiger partial charge in [-0.1, -0.05) is 0 Å². The maximum Gasteiger partial charge on any atom is 0.410 e. The summed E-state index contributed by atoms with van der Waals surface area (Å²) in [6, 6.07) is 0. The maximum atomic E-state index is 12.6. The summed E-state index contributed by atoms with van der Waals surface area (Å²) in [5.74, 6) is -0.266. The van der Waals surface area contributed by atoms with Gasteiger partial charge in [0, 0.05) is 20.1 Å². The SMILES string of the molecule is CCS(=O)(=O)N1CCCC(C(=O)N2CC3(CN(C)C(=O)O3)C2)C1. The zero-order valence-corrected chi connectivity index (χ0v) is 14.3. The van der Waals surface area contributed by atoms with Crippen LogP contribution in [0.4, 0.5) is 4.79 Å². The van der Waals surface area contributed by atoms with E-state index >= 15 is 0 Å². The Bertz CT molecular complexity index is 614. The molecule has 2 amide bonds. The molecule has 3 heterocycles. The number of likely N-dealkylation sites (N-methyl/N-ethyl adjacent to an activating group) is 1. The van der Waals surface area contributed by atoms with Crippen LogP contribution in [0.2, 0.25) is 0 Å². The number of hydrogen-bond acceptors (Lipinski definition) is 5. The van der Waals surface area contributed by atoms with E-state index in [0.717, 1.165) is 0 Å². The molecule has 1 spiro atoms. The van der Waals surface area contributed by atoms with Gasteiger partial charge in [0.15, 0.2) is 5.60 Å². The molecule has 0 bridgehead atoms. The molecule has 0 N–H and O–H groups in total. The van der Waals surface area contributed by atoms with Crippen molar-refractivity contribution in [3.63, 3.8) is 0 Å². The zero-order chi connectivity index (χ0) is 16.8. The molecule has 8 nitrogen and oxygen atoms in total. The molecule has 0 aliphatic carbocycles. The second-order valence-corrected chi connectivity index (χ2v) is 8.96. The lowest BCUT2D eigenvalue weighted by Crippen LogP contribution is -2.66. The van der Waals surface area contributed by atoms with E-state index in [1.54, 1.807) is 18.9 Å². The van der Waals surface area contributed by atoms with Crippen molar-refractivity contribution in [3.05, 3.63) is 0 Å². The van der Waals surface area contributed by atoms with Gasteiger partial charge in [0.1, 0.15) is 0 Å². The van der Waals surface area contributed by atoms with Crippen molar-refractivity contribution in [3.8, 4) is 0 Å². The predicted octanol–water partition coefficient (Wildman–Crippen LogP) is -0.289. The van der Waals surface area contributed by atoms with Crippen LogP contribution in [0.15, 0.2) is 0 Å². The number of piperidine rings is 1. The van der Waals surface area contributed by atoms with Gasteiger partial charge in [0.2, 0.25) is 15.9 Å². The lowest BCUT2D eigenvalue weighted by atomic mass is 9.90. The number of nitrogens with zero attached hydrogens (tertiary/aromatic N) is 3. The Balaban J connectivity index is 1.59. The van der Waals surface area contributed by atoms with Crippen molar-refractivity contribution in [2.45, 2.75) is 25.4 Å². The van der Waals surface area contributed by atoms with Gasteiger partial charge in [-0.15, -0.1) is 0 Å². The molecule has 9 heteroatoms. The Hall–Kier alpha value is -1.35. The summed E-state index contributed by atoms with van der Waals surface area (Å²) < 4.78 is 30.8. The first kappa shape index (κ1) is 16.5. The summed E-state index contributed by atoms with van der Waals surface area (Å²) in [4.78, 5) is 27.3. The summed E-state index contributed by atoms with van der Waals surface area (Å²) in [5, 5.41) is 0. The standard InChI is InChI=1S/C14H23N3O5S/c1-3-23(20,21)17-6-4-5-11(7-17)12(18)16-9-14(10-16)8-15(2)13(19)22-14/h11H,3-10H2,1-2H3. The van der Waals surface area contributed by atoms with Crippen LogP contribution < -0.4 is 0 Å². The quantitative estimate of drug-likeness (QED) is 0.701. The van der Waals surface area contributed by atoms with E-state index in [4.69, 9.17) is 4.74 Å². The molecule has 1 unspecified atom stereocenters. The van der Waals surface area contributed by atoms with Gasteiger partial charge in [0.25, 0.3) is 0 Å². The lowest BCUT2D eigenvalue weighted by molar-refractivity contribution is -0.155. The third-order valence-corrected chi connectivity index (χ3v) is 6.75. The molecule has 3 aliphatic rings. The van der Waals surface area contributed by atoms with Crippen molar-refractivity contribution >= 4 is 22.0 Å². The zero-order valence-electron chi connectivity index (χ0n) is 13.5. The van der Waals surface area contributed by atoms with Crippen molar-refractivity contribution < 1.29 is 22.7 Å². The highest BCUT2D eigenvalue weighted by atomic mass is 32.2. The van der Waals surface area contributed by atoms with Crippen LogP contribution in [0, 0.1) is 5.92 Å². The number of amides is 2. The van der Waals surface area contributed by atoms with Gasteiger partial charge in [-0.25, -0.2) is 17.5 Å². The second kappa shape index (κ2) is 5.62. The fourth-order valence-electron chi connectivity index (χ4n) is 3.60. The largest absolute Gasteiger partial charge is 0.437 e. The van der Waals surface area contributed by atoms with E-state index < -0.39 is 15.6 Å². The van der Waals surface area contributed by atoms with Crippen LogP contribution >= 0.6 is 0 Å². The molecule has 0 radical (unpaired) electrons. The average Bonchev–Trinajstić information content (AvgIpc) is 2.81. The average molecular weight is 345 g/mol. The number of sulfonamides is 1. The fraction of sp³-hybridized carbons (Fsp3) is 0.857. The van der Waals surface area contributed by atoms with Crippen LogP contribution in [0.3, 0.4) is 0 Å². The van der Waals surface area contributed by atoms with Gasteiger partial charge < -0.3 is 14.5 Å². The first-order chi connectivity index (χ1) is 10.8. The van der Waals surface area contributed by atoms with E-state index in [1.165, 1.54) is 9.21 Å². The summed E-state index contributed by atoms with van der Waals surface area (Å²) in [6.45, 7) is 3.67. The molecule has 1 atom stereocenters. The van der Waals surface area contributed by atoms with E-state index in [0.29, 0.717) is 39.0 Å². The number of carbonyl (C=O) groups is 2. The molecule has 0 aromatic rings. The Morgan fingerprint density at radius 3 is 2.61 bits per heavy atom. The van der Waals surface area contributed by atoms with E-state index in [9.17, 15) is 18.0 Å². The molecule has 0 aromatic heterocycles. The monoisotopic (exact) mass is 345 g/mol. The van der Waals surface area contributed by atoms with Gasteiger partial charge in [-0.05, 0) is 19.8 Å². The third-order valence-electron chi connectivity index (χ3n) is 4.90. The van der Waals surface area contributed by atoms with Crippen LogP contribution in [-0.4, -0.2) is 85.6 Å². The maximum absolute atomic E-state index is 12.6. The van der Waals surface area contributed by atoms with Crippen molar-refractivity contribution in [2.75, 3.05) is 45.5 Å². The van der Waals surface area contributed by atoms with E-state index in [1.807, 2.05) is 0 Å². The Morgan fingerprint density at radius 1 is 1.35 bits per heavy atom. The van der Waals surface area contributed by atoms with Crippen LogP contribution in [-0.2, 0) is 19.6 Å². The lowest BCUT2D eigenvalue weighted by Gasteiger charge is -2.47. The topological polar surface area (TPSA) is 87.2 Å². The number of hydrogen-bond donors (Lipinski definition) is 0. The highest BCUT2D eigenvalue weighted by Gasteiger charge is 2.55. The number of likely N-dealkylation sites (tertiary alicyclic amines) is 1. The smallest absolute Gasteiger partial charge is 0.410 e. The van der Waals surface area contributed by atoms with Crippen LogP contribution in [0.1, 0.15) is 19.8 Å². The molecular weight excluding hydrogens is 322 g/mol. The van der Waals surface area contributed by atoms with Crippen molar-refractivity contribution in [1.29, 1.82) is 0 Å². The predicted molar refractivity (Wildman–Crippen MR) is 82.2 cm³/mol. The van der Waals surface area contributed by atoms with Gasteiger partial charge in [-0.2, -0.15) is 0 Å². The molecule has 3 saturated heterocycles. The minimum atomic E-state index is -3.25. The number of carbonyl (C=O) groups excluding carboxylic acids is 2. The van der Waals surface area contributed by atoms with Crippen molar-refractivity contribution in [1.82, 2.24) is 14.1 Å².